The van der Waals surface area contributed by atoms with E-state index < -0.39 is 0 Å². The first kappa shape index (κ1) is 16.6. The fraction of sp³-hybridized carbons (Fsp3) is 0.583. The summed E-state index contributed by atoms with van der Waals surface area (Å²) in [5.74, 6) is -0.560. The second kappa shape index (κ2) is 7.45. The number of aryl methyl sites for hydroxylation is 1. The van der Waals surface area contributed by atoms with Gasteiger partial charge in [-0.2, -0.15) is 0 Å². The summed E-state index contributed by atoms with van der Waals surface area (Å²) in [6.07, 6.45) is 0.804. The maximum atomic E-state index is 12.5. The number of carbonyl (C=O) groups is 2. The lowest BCUT2D eigenvalue weighted by Crippen LogP contribution is -2.50. The first-order valence-corrected chi connectivity index (χ1v) is 8.04. The third kappa shape index (κ3) is 3.69. The van der Waals surface area contributed by atoms with E-state index in [9.17, 15) is 9.59 Å². The summed E-state index contributed by atoms with van der Waals surface area (Å²) < 4.78 is 8.61. The van der Waals surface area contributed by atoms with Gasteiger partial charge in [-0.3, -0.25) is 14.6 Å². The van der Waals surface area contributed by atoms with Gasteiger partial charge in [0.05, 0.1) is 12.3 Å². The number of esters is 1. The van der Waals surface area contributed by atoms with Gasteiger partial charge in [0.1, 0.15) is 11.4 Å². The van der Waals surface area contributed by atoms with Crippen molar-refractivity contribution in [3.63, 3.8) is 0 Å². The van der Waals surface area contributed by atoms with Gasteiger partial charge in [0, 0.05) is 13.1 Å². The molecule has 1 aromatic heterocycles. The molecule has 0 atom stereocenters. The molecule has 0 radical (unpaired) electrons. The van der Waals surface area contributed by atoms with Crippen molar-refractivity contribution in [2.75, 3.05) is 26.2 Å². The van der Waals surface area contributed by atoms with Gasteiger partial charge in [0.15, 0.2) is 5.11 Å². The third-order valence-corrected chi connectivity index (χ3v) is 4.21. The van der Waals surface area contributed by atoms with Gasteiger partial charge in [-0.15, -0.1) is 5.10 Å². The minimum Gasteiger partial charge on any atom is -0.465 e. The van der Waals surface area contributed by atoms with E-state index in [2.05, 4.69) is 14.9 Å². The standard InChI is InChI=1S/C12H17N5O3S2/c1-3-20-9(18)7-13-12(21)17-6-4-5-16(17)11(19)10-8(2)14-15-22-10/h3-7H2,1-2H3,(H,13,21). The summed E-state index contributed by atoms with van der Waals surface area (Å²) in [7, 11) is 0. The third-order valence-electron chi connectivity index (χ3n) is 3.04. The topological polar surface area (TPSA) is 87.7 Å². The zero-order valence-electron chi connectivity index (χ0n) is 12.4. The Balaban J connectivity index is 1.98. The number of hydrogen-bond donors (Lipinski definition) is 1. The quantitative estimate of drug-likeness (QED) is 0.619. The molecule has 22 heavy (non-hydrogen) atoms. The average molecular weight is 343 g/mol. The van der Waals surface area contributed by atoms with Crippen LogP contribution in [-0.4, -0.2) is 62.8 Å². The highest BCUT2D eigenvalue weighted by molar-refractivity contribution is 7.80. The van der Waals surface area contributed by atoms with Crippen LogP contribution in [0.2, 0.25) is 0 Å². The van der Waals surface area contributed by atoms with E-state index in [4.69, 9.17) is 17.0 Å². The van der Waals surface area contributed by atoms with Crippen molar-refractivity contribution < 1.29 is 14.3 Å². The Morgan fingerprint density at radius 3 is 2.77 bits per heavy atom. The van der Waals surface area contributed by atoms with Gasteiger partial charge >= 0.3 is 5.97 Å². The molecule has 2 rings (SSSR count). The van der Waals surface area contributed by atoms with Crippen LogP contribution >= 0.6 is 23.8 Å². The number of hydrazine groups is 1. The first-order chi connectivity index (χ1) is 10.5. The largest absolute Gasteiger partial charge is 0.465 e. The van der Waals surface area contributed by atoms with Gasteiger partial charge in [0.25, 0.3) is 5.91 Å². The van der Waals surface area contributed by atoms with Crippen molar-refractivity contribution in [3.05, 3.63) is 10.6 Å². The summed E-state index contributed by atoms with van der Waals surface area (Å²) in [4.78, 5) is 24.4. The number of ether oxygens (including phenoxy) is 1. The highest BCUT2D eigenvalue weighted by Crippen LogP contribution is 2.18. The summed E-state index contributed by atoms with van der Waals surface area (Å²) in [5.41, 5.74) is 0.604. The maximum absolute atomic E-state index is 12.5. The highest BCUT2D eigenvalue weighted by atomic mass is 32.1. The Kier molecular flexibility index (Phi) is 5.61. The number of carbonyl (C=O) groups excluding carboxylic acids is 2. The summed E-state index contributed by atoms with van der Waals surface area (Å²) in [6, 6.07) is 0. The summed E-state index contributed by atoms with van der Waals surface area (Å²) >= 11 is 6.33. The van der Waals surface area contributed by atoms with Gasteiger partial charge in [-0.05, 0) is 44.0 Å². The molecule has 2 heterocycles. The van der Waals surface area contributed by atoms with Crippen LogP contribution < -0.4 is 5.32 Å². The Bertz CT molecular complexity index is 577. The Labute approximate surface area is 137 Å². The van der Waals surface area contributed by atoms with Crippen LogP contribution in [0.15, 0.2) is 0 Å². The predicted molar refractivity (Wildman–Crippen MR) is 84.2 cm³/mol. The molecule has 0 saturated carbocycles. The molecule has 0 aromatic carbocycles. The first-order valence-electron chi connectivity index (χ1n) is 6.86. The van der Waals surface area contributed by atoms with Crippen LogP contribution in [0.5, 0.6) is 0 Å². The molecule has 1 aliphatic rings. The van der Waals surface area contributed by atoms with Crippen molar-refractivity contribution >= 4 is 40.7 Å². The molecular weight excluding hydrogens is 326 g/mol. The molecule has 1 amide bonds. The van der Waals surface area contributed by atoms with Crippen LogP contribution in [0.4, 0.5) is 0 Å². The van der Waals surface area contributed by atoms with E-state index in [1.807, 2.05) is 0 Å². The predicted octanol–water partition coefficient (Wildman–Crippen LogP) is 0.347. The van der Waals surface area contributed by atoms with E-state index in [0.29, 0.717) is 35.4 Å². The zero-order valence-corrected chi connectivity index (χ0v) is 14.0. The molecule has 1 saturated heterocycles. The van der Waals surface area contributed by atoms with Crippen molar-refractivity contribution in [1.82, 2.24) is 24.9 Å². The van der Waals surface area contributed by atoms with E-state index in [-0.39, 0.29) is 18.4 Å². The lowest BCUT2D eigenvalue weighted by Gasteiger charge is -2.29. The second-order valence-corrected chi connectivity index (χ2v) is 5.70. The van der Waals surface area contributed by atoms with Crippen molar-refractivity contribution in [2.24, 2.45) is 0 Å². The summed E-state index contributed by atoms with van der Waals surface area (Å²) in [6.45, 7) is 4.96. The number of amides is 1. The fourth-order valence-corrected chi connectivity index (χ4v) is 2.89. The normalized spacial score (nSPS) is 14.1. The molecular formula is C12H17N5O3S2. The van der Waals surface area contributed by atoms with Crippen LogP contribution in [0.25, 0.3) is 0 Å². The fourth-order valence-electron chi connectivity index (χ4n) is 2.03. The average Bonchev–Trinajstić information content (AvgIpc) is 3.13. The van der Waals surface area contributed by atoms with E-state index >= 15 is 0 Å². The maximum Gasteiger partial charge on any atom is 0.325 e. The molecule has 1 N–H and O–H groups in total. The van der Waals surface area contributed by atoms with Crippen molar-refractivity contribution in [2.45, 2.75) is 20.3 Å². The van der Waals surface area contributed by atoms with E-state index in [1.165, 1.54) is 0 Å². The smallest absolute Gasteiger partial charge is 0.325 e. The number of rotatable bonds is 4. The number of aromatic nitrogens is 2. The van der Waals surface area contributed by atoms with Gasteiger partial charge < -0.3 is 10.1 Å². The summed E-state index contributed by atoms with van der Waals surface area (Å²) in [5, 5.41) is 10.2. The van der Waals surface area contributed by atoms with Crippen molar-refractivity contribution in [3.8, 4) is 0 Å². The van der Waals surface area contributed by atoms with Crippen LogP contribution in [0.3, 0.4) is 0 Å². The molecule has 1 aliphatic heterocycles. The lowest BCUT2D eigenvalue weighted by molar-refractivity contribution is -0.141. The number of hydrogen-bond acceptors (Lipinski definition) is 7. The monoisotopic (exact) mass is 343 g/mol. The van der Waals surface area contributed by atoms with E-state index in [1.54, 1.807) is 23.9 Å². The Morgan fingerprint density at radius 2 is 2.14 bits per heavy atom. The van der Waals surface area contributed by atoms with Crippen LogP contribution in [0.1, 0.15) is 28.7 Å². The van der Waals surface area contributed by atoms with E-state index in [0.717, 1.165) is 18.0 Å². The molecule has 0 spiro atoms. The molecule has 10 heteroatoms. The van der Waals surface area contributed by atoms with Crippen LogP contribution in [0, 0.1) is 6.92 Å². The number of nitrogens with one attached hydrogen (secondary N) is 1. The number of nitrogens with zero attached hydrogens (tertiary/aromatic N) is 4. The van der Waals surface area contributed by atoms with Gasteiger partial charge in [0.2, 0.25) is 0 Å². The SMILES string of the molecule is CCOC(=O)CNC(=S)N1CCCN1C(=O)c1snnc1C. The van der Waals surface area contributed by atoms with Crippen molar-refractivity contribution in [1.29, 1.82) is 0 Å². The molecule has 1 aromatic rings. The number of thiocarbonyl (C=S) groups is 1. The molecule has 0 aliphatic carbocycles. The molecule has 8 nitrogen and oxygen atoms in total. The Morgan fingerprint density at radius 1 is 1.41 bits per heavy atom. The minimum atomic E-state index is -0.385. The van der Waals surface area contributed by atoms with Gasteiger partial charge in [-0.25, -0.2) is 5.01 Å². The molecule has 120 valence electrons. The Hall–Kier alpha value is -1.81. The lowest BCUT2D eigenvalue weighted by atomic mass is 10.3. The molecule has 0 bridgehead atoms. The van der Waals surface area contributed by atoms with Gasteiger partial charge in [-0.1, -0.05) is 4.49 Å². The van der Waals surface area contributed by atoms with Crippen LogP contribution in [-0.2, 0) is 9.53 Å². The molecule has 1 fully saturated rings. The zero-order chi connectivity index (χ0) is 16.1. The highest BCUT2D eigenvalue weighted by Gasteiger charge is 2.31. The second-order valence-electron chi connectivity index (χ2n) is 4.56. The molecule has 0 unspecified atom stereocenters. The minimum absolute atomic E-state index is 0.0215.